The highest BCUT2D eigenvalue weighted by Crippen LogP contribution is 2.41. The summed E-state index contributed by atoms with van der Waals surface area (Å²) < 4.78 is 0. The number of para-hydroxylation sites is 3. The zero-order valence-electron chi connectivity index (χ0n) is 15.6. The Hall–Kier alpha value is -3.58. The van der Waals surface area contributed by atoms with Gasteiger partial charge in [0.05, 0.1) is 5.69 Å². The summed E-state index contributed by atoms with van der Waals surface area (Å²) in [5.74, 6) is 0. The fourth-order valence-electron chi connectivity index (χ4n) is 3.97. The Bertz CT molecular complexity index is 1090. The molecular weight excluding hydrogens is 338 g/mol. The normalized spacial score (nSPS) is 12.4. The molecule has 0 radical (unpaired) electrons. The minimum atomic E-state index is 0.977. The van der Waals surface area contributed by atoms with Gasteiger partial charge >= 0.3 is 0 Å². The highest BCUT2D eigenvalue weighted by Gasteiger charge is 2.20. The Morgan fingerprint density at radius 2 is 1.11 bits per heavy atom. The summed E-state index contributed by atoms with van der Waals surface area (Å²) >= 11 is 0. The van der Waals surface area contributed by atoms with Crippen molar-refractivity contribution >= 4 is 28.7 Å². The molecule has 0 saturated heterocycles. The van der Waals surface area contributed by atoms with Gasteiger partial charge in [0.25, 0.3) is 0 Å². The number of rotatable bonds is 4. The molecule has 134 valence electrons. The molecular formula is C27H21N. The van der Waals surface area contributed by atoms with Crippen LogP contribution in [0.3, 0.4) is 0 Å². The minimum Gasteiger partial charge on any atom is -0.310 e. The molecule has 28 heavy (non-hydrogen) atoms. The van der Waals surface area contributed by atoms with Gasteiger partial charge in [0, 0.05) is 16.9 Å². The maximum atomic E-state index is 2.35. The van der Waals surface area contributed by atoms with Gasteiger partial charge in [0.2, 0.25) is 0 Å². The third-order valence-corrected chi connectivity index (χ3v) is 5.29. The van der Waals surface area contributed by atoms with E-state index in [-0.39, 0.29) is 0 Å². The maximum absolute atomic E-state index is 2.35. The molecule has 5 rings (SSSR count). The summed E-state index contributed by atoms with van der Waals surface area (Å²) in [5.41, 5.74) is 8.92. The van der Waals surface area contributed by atoms with Crippen molar-refractivity contribution in [2.45, 2.75) is 6.42 Å². The number of hydrogen-bond acceptors (Lipinski definition) is 1. The van der Waals surface area contributed by atoms with Crippen LogP contribution < -0.4 is 4.90 Å². The lowest BCUT2D eigenvalue weighted by Gasteiger charge is -2.28. The molecule has 0 atom stereocenters. The fourth-order valence-corrected chi connectivity index (χ4v) is 3.97. The fraction of sp³-hybridized carbons (Fsp3) is 0.0370. The van der Waals surface area contributed by atoms with Gasteiger partial charge in [0.15, 0.2) is 0 Å². The summed E-state index contributed by atoms with van der Waals surface area (Å²) in [6.45, 7) is 0. The SMILES string of the molecule is C1=C(c2ccccc2N(c2ccccc2)c2ccccc2)Cc2ccccc21. The van der Waals surface area contributed by atoms with Crippen LogP contribution >= 0.6 is 0 Å². The average molecular weight is 359 g/mol. The minimum absolute atomic E-state index is 0.977. The molecule has 1 aliphatic carbocycles. The van der Waals surface area contributed by atoms with Crippen LogP contribution in [0.15, 0.2) is 109 Å². The van der Waals surface area contributed by atoms with Crippen molar-refractivity contribution in [3.63, 3.8) is 0 Å². The van der Waals surface area contributed by atoms with E-state index in [1.54, 1.807) is 0 Å². The summed E-state index contributed by atoms with van der Waals surface area (Å²) in [5, 5.41) is 0. The summed E-state index contributed by atoms with van der Waals surface area (Å²) in [4.78, 5) is 2.35. The zero-order valence-corrected chi connectivity index (χ0v) is 15.6. The van der Waals surface area contributed by atoms with Gasteiger partial charge in [-0.05, 0) is 53.5 Å². The molecule has 1 aliphatic rings. The van der Waals surface area contributed by atoms with E-state index in [2.05, 4.69) is 120 Å². The molecule has 0 aliphatic heterocycles. The molecule has 4 aromatic carbocycles. The molecule has 0 fully saturated rings. The van der Waals surface area contributed by atoms with E-state index in [9.17, 15) is 0 Å². The Balaban J connectivity index is 1.66. The molecule has 0 N–H and O–H groups in total. The van der Waals surface area contributed by atoms with Crippen LogP contribution in [0.2, 0.25) is 0 Å². The van der Waals surface area contributed by atoms with Crippen LogP contribution in [0, 0.1) is 0 Å². The Kier molecular flexibility index (Phi) is 4.27. The molecule has 0 unspecified atom stereocenters. The molecule has 0 aromatic heterocycles. The number of benzene rings is 4. The van der Waals surface area contributed by atoms with Crippen LogP contribution in [0.5, 0.6) is 0 Å². The third-order valence-electron chi connectivity index (χ3n) is 5.29. The van der Waals surface area contributed by atoms with E-state index in [4.69, 9.17) is 0 Å². The van der Waals surface area contributed by atoms with E-state index in [0.29, 0.717) is 0 Å². The van der Waals surface area contributed by atoms with E-state index in [0.717, 1.165) is 17.8 Å². The summed E-state index contributed by atoms with van der Waals surface area (Å²) in [6.07, 6.45) is 3.31. The second kappa shape index (κ2) is 7.21. The third kappa shape index (κ3) is 3.01. The van der Waals surface area contributed by atoms with Crippen molar-refractivity contribution in [2.75, 3.05) is 4.90 Å². The largest absolute Gasteiger partial charge is 0.310 e. The second-order valence-electron chi connectivity index (χ2n) is 7.07. The topological polar surface area (TPSA) is 3.24 Å². The van der Waals surface area contributed by atoms with Gasteiger partial charge in [-0.25, -0.2) is 0 Å². The highest BCUT2D eigenvalue weighted by atomic mass is 15.1. The summed E-state index contributed by atoms with van der Waals surface area (Å²) in [6, 6.07) is 38.6. The van der Waals surface area contributed by atoms with Crippen molar-refractivity contribution in [3.05, 3.63) is 126 Å². The van der Waals surface area contributed by atoms with Gasteiger partial charge in [0.1, 0.15) is 0 Å². The molecule has 0 heterocycles. The van der Waals surface area contributed by atoms with Gasteiger partial charge in [-0.15, -0.1) is 0 Å². The number of fused-ring (bicyclic) bond motifs is 1. The molecule has 0 spiro atoms. The first-order valence-corrected chi connectivity index (χ1v) is 9.68. The van der Waals surface area contributed by atoms with Gasteiger partial charge in [-0.2, -0.15) is 0 Å². The predicted octanol–water partition coefficient (Wildman–Crippen LogP) is 7.25. The molecule has 0 amide bonds. The first-order chi connectivity index (χ1) is 13.9. The Morgan fingerprint density at radius 1 is 0.536 bits per heavy atom. The number of allylic oxidation sites excluding steroid dienone is 1. The van der Waals surface area contributed by atoms with Gasteiger partial charge < -0.3 is 4.90 Å². The van der Waals surface area contributed by atoms with Crippen LogP contribution in [0.1, 0.15) is 16.7 Å². The van der Waals surface area contributed by atoms with Crippen molar-refractivity contribution in [2.24, 2.45) is 0 Å². The molecule has 1 nitrogen and oxygen atoms in total. The van der Waals surface area contributed by atoms with Crippen LogP contribution in [0.25, 0.3) is 11.6 Å². The van der Waals surface area contributed by atoms with Crippen LogP contribution in [0.4, 0.5) is 17.1 Å². The first kappa shape index (κ1) is 16.6. The second-order valence-corrected chi connectivity index (χ2v) is 7.07. The lowest BCUT2D eigenvalue weighted by molar-refractivity contribution is 1.25. The van der Waals surface area contributed by atoms with Crippen LogP contribution in [-0.2, 0) is 6.42 Å². The van der Waals surface area contributed by atoms with E-state index in [1.807, 2.05) is 0 Å². The van der Waals surface area contributed by atoms with Crippen molar-refractivity contribution in [3.8, 4) is 0 Å². The van der Waals surface area contributed by atoms with E-state index >= 15 is 0 Å². The maximum Gasteiger partial charge on any atom is 0.0536 e. The standard InChI is InChI=1S/C27H21N/c1-3-13-24(14-4-1)28(25-15-5-2-6-16-25)27-18-10-9-17-26(27)23-19-21-11-7-8-12-22(21)20-23/h1-19H,20H2. The quantitative estimate of drug-likeness (QED) is 0.371. The smallest absolute Gasteiger partial charge is 0.0536 e. The summed E-state index contributed by atoms with van der Waals surface area (Å²) in [7, 11) is 0. The average Bonchev–Trinajstić information content (AvgIpc) is 3.20. The molecule has 0 saturated carbocycles. The van der Waals surface area contributed by atoms with Crippen LogP contribution in [-0.4, -0.2) is 0 Å². The number of hydrogen-bond donors (Lipinski definition) is 0. The van der Waals surface area contributed by atoms with Crippen molar-refractivity contribution in [1.29, 1.82) is 0 Å². The lowest BCUT2D eigenvalue weighted by atomic mass is 10.00. The molecule has 1 heteroatoms. The van der Waals surface area contributed by atoms with Crippen molar-refractivity contribution < 1.29 is 0 Å². The molecule has 0 bridgehead atoms. The zero-order chi connectivity index (χ0) is 18.8. The van der Waals surface area contributed by atoms with Gasteiger partial charge in [-0.3, -0.25) is 0 Å². The van der Waals surface area contributed by atoms with E-state index in [1.165, 1.54) is 28.0 Å². The highest BCUT2D eigenvalue weighted by molar-refractivity contribution is 5.95. The van der Waals surface area contributed by atoms with E-state index < -0.39 is 0 Å². The Labute approximate surface area is 166 Å². The molecule has 4 aromatic rings. The lowest BCUT2D eigenvalue weighted by Crippen LogP contribution is -2.11. The first-order valence-electron chi connectivity index (χ1n) is 9.68. The van der Waals surface area contributed by atoms with Gasteiger partial charge in [-0.1, -0.05) is 84.9 Å². The number of anilines is 3. The number of nitrogens with zero attached hydrogens (tertiary/aromatic N) is 1. The van der Waals surface area contributed by atoms with Crippen molar-refractivity contribution in [1.82, 2.24) is 0 Å². The Morgan fingerprint density at radius 3 is 1.79 bits per heavy atom. The predicted molar refractivity (Wildman–Crippen MR) is 119 cm³/mol. The monoisotopic (exact) mass is 359 g/mol.